The maximum absolute atomic E-state index is 12.0. The average molecular weight is 408 g/mol. The van der Waals surface area contributed by atoms with Crippen LogP contribution in [0.1, 0.15) is 12.0 Å². The van der Waals surface area contributed by atoms with E-state index in [1.165, 1.54) is 16.0 Å². The van der Waals surface area contributed by atoms with E-state index in [-0.39, 0.29) is 24.8 Å². The Morgan fingerprint density at radius 2 is 2.25 bits per heavy atom. The summed E-state index contributed by atoms with van der Waals surface area (Å²) in [6.07, 6.45) is 0.130. The van der Waals surface area contributed by atoms with Crippen LogP contribution in [0, 0.1) is 6.92 Å². The van der Waals surface area contributed by atoms with Crippen molar-refractivity contribution in [2.24, 2.45) is 0 Å². The van der Waals surface area contributed by atoms with Crippen LogP contribution in [-0.4, -0.2) is 15.7 Å². The van der Waals surface area contributed by atoms with E-state index in [1.807, 2.05) is 42.6 Å². The normalized spacial score (nSPS) is 10.8. The number of nitrogens with one attached hydrogen (secondary N) is 1. The summed E-state index contributed by atoms with van der Waals surface area (Å²) in [5.41, 5.74) is 1.74. The number of nitrogens with zero attached hydrogens (tertiary/aromatic N) is 2. The zero-order valence-corrected chi connectivity index (χ0v) is 15.2. The molecule has 8 heteroatoms. The summed E-state index contributed by atoms with van der Waals surface area (Å²) in [6, 6.07) is 9.24. The summed E-state index contributed by atoms with van der Waals surface area (Å²) in [5.74, 6) is -0.478. The molecular formula is C16H14BrN3O3S. The fraction of sp³-hybridized carbons (Fsp3) is 0.188. The van der Waals surface area contributed by atoms with Crippen molar-refractivity contribution in [3.05, 3.63) is 56.3 Å². The highest BCUT2D eigenvalue weighted by molar-refractivity contribution is 9.10. The first-order valence-electron chi connectivity index (χ1n) is 7.21. The summed E-state index contributed by atoms with van der Waals surface area (Å²) in [7, 11) is 0. The molecule has 0 aliphatic heterocycles. The Balaban J connectivity index is 1.62. The minimum atomic E-state index is -0.564. The van der Waals surface area contributed by atoms with Crippen molar-refractivity contribution in [1.82, 2.24) is 9.78 Å². The number of carbonyl (C=O) groups is 1. The maximum atomic E-state index is 12.0. The lowest BCUT2D eigenvalue weighted by atomic mass is 10.2. The first kappa shape index (κ1) is 16.7. The van der Waals surface area contributed by atoms with E-state index in [9.17, 15) is 9.59 Å². The topological polar surface area (TPSA) is 77.1 Å². The predicted octanol–water partition coefficient (Wildman–Crippen LogP) is 3.66. The molecule has 0 radical (unpaired) electrons. The third-order valence-electron chi connectivity index (χ3n) is 3.33. The number of rotatable bonds is 5. The van der Waals surface area contributed by atoms with Gasteiger partial charge in [-0.15, -0.1) is 16.4 Å². The molecular weight excluding hydrogens is 394 g/mol. The van der Waals surface area contributed by atoms with Crippen LogP contribution in [0.5, 0.6) is 0 Å². The molecule has 2 aromatic heterocycles. The van der Waals surface area contributed by atoms with E-state index in [1.54, 1.807) is 0 Å². The number of hydrogen-bond donors (Lipinski definition) is 1. The molecule has 1 N–H and O–H groups in total. The van der Waals surface area contributed by atoms with Gasteiger partial charge in [-0.25, -0.2) is 4.79 Å². The van der Waals surface area contributed by atoms with E-state index in [2.05, 4.69) is 26.3 Å². The van der Waals surface area contributed by atoms with Gasteiger partial charge >= 0.3 is 5.76 Å². The summed E-state index contributed by atoms with van der Waals surface area (Å²) < 4.78 is 7.26. The van der Waals surface area contributed by atoms with Crippen molar-refractivity contribution in [3.8, 4) is 10.8 Å². The Kier molecular flexibility index (Phi) is 4.96. The minimum absolute atomic E-state index is 0.130. The maximum Gasteiger partial charge on any atom is 0.437 e. The molecule has 24 heavy (non-hydrogen) atoms. The molecule has 0 atom stereocenters. The zero-order valence-electron chi connectivity index (χ0n) is 12.8. The third kappa shape index (κ3) is 3.82. The molecule has 0 fully saturated rings. The van der Waals surface area contributed by atoms with Crippen LogP contribution in [0.2, 0.25) is 0 Å². The van der Waals surface area contributed by atoms with Crippen molar-refractivity contribution in [2.75, 3.05) is 5.32 Å². The van der Waals surface area contributed by atoms with E-state index >= 15 is 0 Å². The second kappa shape index (κ2) is 7.14. The van der Waals surface area contributed by atoms with Gasteiger partial charge in [-0.3, -0.25) is 4.79 Å². The summed E-state index contributed by atoms with van der Waals surface area (Å²) in [6.45, 7) is 2.11. The minimum Gasteiger partial charge on any atom is -0.387 e. The molecule has 0 aliphatic carbocycles. The van der Waals surface area contributed by atoms with Crippen LogP contribution in [0.4, 0.5) is 5.69 Å². The van der Waals surface area contributed by atoms with Gasteiger partial charge in [0.1, 0.15) is 0 Å². The van der Waals surface area contributed by atoms with E-state index in [0.717, 1.165) is 14.9 Å². The Morgan fingerprint density at radius 3 is 2.96 bits per heavy atom. The second-order valence-electron chi connectivity index (χ2n) is 5.14. The monoisotopic (exact) mass is 407 g/mol. The van der Waals surface area contributed by atoms with Crippen molar-refractivity contribution < 1.29 is 9.21 Å². The lowest BCUT2D eigenvalue weighted by Gasteiger charge is -2.06. The van der Waals surface area contributed by atoms with Gasteiger partial charge in [-0.05, 0) is 42.1 Å². The average Bonchev–Trinajstić information content (AvgIpc) is 3.18. The molecule has 0 saturated heterocycles. The number of amides is 1. The van der Waals surface area contributed by atoms with Crippen LogP contribution in [0.15, 0.2) is 49.4 Å². The number of anilines is 1. The fourth-order valence-corrected chi connectivity index (χ4v) is 2.99. The second-order valence-corrected chi connectivity index (χ2v) is 6.94. The number of aromatic nitrogens is 2. The molecule has 1 amide bonds. The molecule has 2 heterocycles. The standard InChI is InChI=1S/C16H14BrN3O3S/c1-10-9-11(4-5-12(10)17)18-14(21)6-7-20-16(22)23-15(19-20)13-3-2-8-24-13/h2-5,8-9H,6-7H2,1H3,(H,18,21). The van der Waals surface area contributed by atoms with E-state index in [4.69, 9.17) is 4.42 Å². The number of halogens is 1. The third-order valence-corrected chi connectivity index (χ3v) is 5.08. The number of hydrogen-bond acceptors (Lipinski definition) is 5. The summed E-state index contributed by atoms with van der Waals surface area (Å²) >= 11 is 4.85. The van der Waals surface area contributed by atoms with Crippen LogP contribution in [0.25, 0.3) is 10.8 Å². The van der Waals surface area contributed by atoms with Crippen LogP contribution in [0.3, 0.4) is 0 Å². The molecule has 0 saturated carbocycles. The Morgan fingerprint density at radius 1 is 1.42 bits per heavy atom. The molecule has 0 spiro atoms. The van der Waals surface area contributed by atoms with E-state index < -0.39 is 5.76 Å². The zero-order chi connectivity index (χ0) is 17.1. The molecule has 124 valence electrons. The van der Waals surface area contributed by atoms with Crippen LogP contribution >= 0.6 is 27.3 Å². The first-order valence-corrected chi connectivity index (χ1v) is 8.88. The van der Waals surface area contributed by atoms with Gasteiger partial charge in [-0.2, -0.15) is 4.68 Å². The van der Waals surface area contributed by atoms with Gasteiger partial charge in [0, 0.05) is 16.6 Å². The number of aryl methyl sites for hydroxylation is 2. The highest BCUT2D eigenvalue weighted by atomic mass is 79.9. The number of benzene rings is 1. The fourth-order valence-electron chi connectivity index (χ4n) is 2.10. The Labute approximate surface area is 150 Å². The van der Waals surface area contributed by atoms with Crippen molar-refractivity contribution in [1.29, 1.82) is 0 Å². The quantitative estimate of drug-likeness (QED) is 0.699. The van der Waals surface area contributed by atoms with Gasteiger partial charge in [0.2, 0.25) is 5.91 Å². The number of carbonyl (C=O) groups excluding carboxylic acids is 1. The Hall–Kier alpha value is -2.19. The lowest BCUT2D eigenvalue weighted by Crippen LogP contribution is -2.21. The molecule has 0 bridgehead atoms. The summed E-state index contributed by atoms with van der Waals surface area (Å²) in [5, 5.41) is 8.80. The molecule has 6 nitrogen and oxygen atoms in total. The van der Waals surface area contributed by atoms with Gasteiger partial charge in [0.15, 0.2) is 0 Å². The molecule has 0 aliphatic rings. The van der Waals surface area contributed by atoms with Crippen molar-refractivity contribution in [2.45, 2.75) is 19.9 Å². The SMILES string of the molecule is Cc1cc(NC(=O)CCn2nc(-c3cccs3)oc2=O)ccc1Br. The smallest absolute Gasteiger partial charge is 0.387 e. The predicted molar refractivity (Wildman–Crippen MR) is 96.2 cm³/mol. The first-order chi connectivity index (χ1) is 11.5. The number of thiophene rings is 1. The van der Waals surface area contributed by atoms with Crippen LogP contribution < -0.4 is 11.1 Å². The Bertz CT molecular complexity index is 915. The van der Waals surface area contributed by atoms with Crippen molar-refractivity contribution in [3.63, 3.8) is 0 Å². The van der Waals surface area contributed by atoms with Crippen molar-refractivity contribution >= 4 is 38.9 Å². The highest BCUT2D eigenvalue weighted by Crippen LogP contribution is 2.21. The lowest BCUT2D eigenvalue weighted by molar-refractivity contribution is -0.116. The largest absolute Gasteiger partial charge is 0.437 e. The van der Waals surface area contributed by atoms with Gasteiger partial charge < -0.3 is 9.73 Å². The molecule has 3 aromatic rings. The van der Waals surface area contributed by atoms with Gasteiger partial charge in [0.25, 0.3) is 5.89 Å². The highest BCUT2D eigenvalue weighted by Gasteiger charge is 2.12. The molecule has 1 aromatic carbocycles. The van der Waals surface area contributed by atoms with Crippen LogP contribution in [-0.2, 0) is 11.3 Å². The molecule has 3 rings (SSSR count). The van der Waals surface area contributed by atoms with Gasteiger partial charge in [0.05, 0.1) is 11.4 Å². The molecule has 0 unspecified atom stereocenters. The summed E-state index contributed by atoms with van der Waals surface area (Å²) in [4.78, 5) is 24.6. The van der Waals surface area contributed by atoms with E-state index in [0.29, 0.717) is 5.69 Å². The van der Waals surface area contributed by atoms with Gasteiger partial charge in [-0.1, -0.05) is 22.0 Å².